The van der Waals surface area contributed by atoms with Crippen LogP contribution in [0.5, 0.6) is 0 Å². The minimum atomic E-state index is -0.207. The average molecular weight is 222 g/mol. The highest BCUT2D eigenvalue weighted by Crippen LogP contribution is 2.38. The van der Waals surface area contributed by atoms with Gasteiger partial charge >= 0.3 is 0 Å². The number of rotatable bonds is 5. The standard InChI is InChI=1S/C12H18N2O2/c1-3-14-8-7-13-11(14)10(15)9-12(16-2)5-4-6-12/h7-8H,3-6,9H2,1-2H3. The molecule has 0 atom stereocenters. The van der Waals surface area contributed by atoms with E-state index in [1.54, 1.807) is 13.3 Å². The number of methoxy groups -OCH3 is 1. The fourth-order valence-electron chi connectivity index (χ4n) is 2.21. The fourth-order valence-corrected chi connectivity index (χ4v) is 2.21. The predicted molar refractivity (Wildman–Crippen MR) is 60.4 cm³/mol. The van der Waals surface area contributed by atoms with Crippen molar-refractivity contribution in [2.45, 2.75) is 44.8 Å². The second-order valence-electron chi connectivity index (χ2n) is 4.38. The van der Waals surface area contributed by atoms with Gasteiger partial charge in [-0.2, -0.15) is 0 Å². The van der Waals surface area contributed by atoms with Crippen LogP contribution in [0.3, 0.4) is 0 Å². The fraction of sp³-hybridized carbons (Fsp3) is 0.667. The number of aryl methyl sites for hydroxylation is 1. The molecule has 1 saturated carbocycles. The quantitative estimate of drug-likeness (QED) is 0.716. The average Bonchev–Trinajstić information content (AvgIpc) is 2.71. The number of Topliss-reactive ketones (excluding diaryl/α,β-unsaturated/α-hetero) is 1. The molecular formula is C12H18N2O2. The molecule has 0 aromatic carbocycles. The van der Waals surface area contributed by atoms with Crippen LogP contribution in [0.25, 0.3) is 0 Å². The van der Waals surface area contributed by atoms with Crippen LogP contribution in [-0.2, 0) is 11.3 Å². The van der Waals surface area contributed by atoms with Crippen molar-refractivity contribution in [3.05, 3.63) is 18.2 Å². The van der Waals surface area contributed by atoms with Gasteiger partial charge in [0, 0.05) is 32.5 Å². The zero-order valence-corrected chi connectivity index (χ0v) is 9.90. The Morgan fingerprint density at radius 1 is 1.62 bits per heavy atom. The number of aromatic nitrogens is 2. The molecule has 1 aromatic rings. The molecule has 88 valence electrons. The second kappa shape index (κ2) is 4.37. The van der Waals surface area contributed by atoms with Crippen LogP contribution < -0.4 is 0 Å². The van der Waals surface area contributed by atoms with Gasteiger partial charge in [-0.05, 0) is 26.2 Å². The Morgan fingerprint density at radius 2 is 2.38 bits per heavy atom. The number of ketones is 1. The third-order valence-electron chi connectivity index (χ3n) is 3.49. The van der Waals surface area contributed by atoms with Crippen molar-refractivity contribution < 1.29 is 9.53 Å². The first-order valence-corrected chi connectivity index (χ1v) is 5.80. The molecule has 1 heterocycles. The van der Waals surface area contributed by atoms with E-state index in [1.165, 1.54) is 0 Å². The van der Waals surface area contributed by atoms with Crippen LogP contribution in [0.2, 0.25) is 0 Å². The maximum atomic E-state index is 12.1. The monoisotopic (exact) mass is 222 g/mol. The first kappa shape index (κ1) is 11.3. The molecule has 2 rings (SSSR count). The summed E-state index contributed by atoms with van der Waals surface area (Å²) in [5, 5.41) is 0. The Bertz CT molecular complexity index is 375. The maximum Gasteiger partial charge on any atom is 0.201 e. The van der Waals surface area contributed by atoms with Gasteiger partial charge in [0.05, 0.1) is 5.60 Å². The van der Waals surface area contributed by atoms with Gasteiger partial charge in [0.15, 0.2) is 5.82 Å². The Kier molecular flexibility index (Phi) is 3.10. The van der Waals surface area contributed by atoms with Crippen molar-refractivity contribution in [1.29, 1.82) is 0 Å². The molecule has 4 nitrogen and oxygen atoms in total. The van der Waals surface area contributed by atoms with Crippen molar-refractivity contribution in [2.24, 2.45) is 0 Å². The second-order valence-corrected chi connectivity index (χ2v) is 4.38. The van der Waals surface area contributed by atoms with Crippen molar-refractivity contribution >= 4 is 5.78 Å². The molecule has 1 aliphatic carbocycles. The topological polar surface area (TPSA) is 44.1 Å². The van der Waals surface area contributed by atoms with E-state index in [0.717, 1.165) is 25.8 Å². The number of hydrogen-bond donors (Lipinski definition) is 0. The predicted octanol–water partition coefficient (Wildman–Crippen LogP) is 2.04. The SMILES string of the molecule is CCn1ccnc1C(=O)CC1(OC)CCC1. The summed E-state index contributed by atoms with van der Waals surface area (Å²) in [5.41, 5.74) is -0.207. The molecule has 0 radical (unpaired) electrons. The lowest BCUT2D eigenvalue weighted by atomic mass is 9.76. The highest BCUT2D eigenvalue weighted by molar-refractivity contribution is 5.93. The molecule has 0 unspecified atom stereocenters. The van der Waals surface area contributed by atoms with Crippen LogP contribution in [-0.4, -0.2) is 28.0 Å². The van der Waals surface area contributed by atoms with E-state index in [2.05, 4.69) is 4.98 Å². The van der Waals surface area contributed by atoms with Crippen molar-refractivity contribution in [1.82, 2.24) is 9.55 Å². The largest absolute Gasteiger partial charge is 0.378 e. The molecule has 1 aromatic heterocycles. The minimum absolute atomic E-state index is 0.0911. The Balaban J connectivity index is 2.08. The Hall–Kier alpha value is -1.16. The lowest BCUT2D eigenvalue weighted by molar-refractivity contribution is -0.0706. The highest BCUT2D eigenvalue weighted by Gasteiger charge is 2.39. The summed E-state index contributed by atoms with van der Waals surface area (Å²) in [5.74, 6) is 0.652. The normalized spacial score (nSPS) is 18.1. The molecule has 0 amide bonds. The molecule has 0 N–H and O–H groups in total. The molecule has 4 heteroatoms. The summed E-state index contributed by atoms with van der Waals surface area (Å²) in [4.78, 5) is 16.2. The van der Waals surface area contributed by atoms with Crippen LogP contribution in [0.1, 0.15) is 43.2 Å². The van der Waals surface area contributed by atoms with E-state index in [4.69, 9.17) is 4.74 Å². The Morgan fingerprint density at radius 3 is 2.88 bits per heavy atom. The number of carbonyl (C=O) groups excluding carboxylic acids is 1. The summed E-state index contributed by atoms with van der Waals surface area (Å²) >= 11 is 0. The number of nitrogens with zero attached hydrogens (tertiary/aromatic N) is 2. The zero-order valence-electron chi connectivity index (χ0n) is 9.90. The molecule has 0 aliphatic heterocycles. The summed E-state index contributed by atoms with van der Waals surface area (Å²) in [6, 6.07) is 0. The number of imidazole rings is 1. The van der Waals surface area contributed by atoms with E-state index >= 15 is 0 Å². The van der Waals surface area contributed by atoms with Gasteiger partial charge in [0.25, 0.3) is 0 Å². The number of hydrogen-bond acceptors (Lipinski definition) is 3. The maximum absolute atomic E-state index is 12.1. The summed E-state index contributed by atoms with van der Waals surface area (Å²) in [6.45, 7) is 2.79. The summed E-state index contributed by atoms with van der Waals surface area (Å²) < 4.78 is 7.34. The van der Waals surface area contributed by atoms with Crippen LogP contribution in [0, 0.1) is 0 Å². The van der Waals surface area contributed by atoms with E-state index in [-0.39, 0.29) is 11.4 Å². The lowest BCUT2D eigenvalue weighted by Gasteiger charge is -2.39. The first-order chi connectivity index (χ1) is 7.71. The molecule has 0 saturated heterocycles. The van der Waals surface area contributed by atoms with Crippen LogP contribution >= 0.6 is 0 Å². The molecule has 1 aliphatic rings. The Labute approximate surface area is 95.6 Å². The van der Waals surface area contributed by atoms with Gasteiger partial charge in [-0.15, -0.1) is 0 Å². The van der Waals surface area contributed by atoms with Crippen LogP contribution in [0.4, 0.5) is 0 Å². The van der Waals surface area contributed by atoms with E-state index in [1.807, 2.05) is 17.7 Å². The smallest absolute Gasteiger partial charge is 0.201 e. The van der Waals surface area contributed by atoms with Crippen molar-refractivity contribution in [3.8, 4) is 0 Å². The third-order valence-corrected chi connectivity index (χ3v) is 3.49. The molecule has 0 bridgehead atoms. The molecular weight excluding hydrogens is 204 g/mol. The van der Waals surface area contributed by atoms with Gasteiger partial charge in [0.1, 0.15) is 0 Å². The van der Waals surface area contributed by atoms with E-state index in [9.17, 15) is 4.79 Å². The summed E-state index contributed by atoms with van der Waals surface area (Å²) in [7, 11) is 1.69. The molecule has 16 heavy (non-hydrogen) atoms. The van der Waals surface area contributed by atoms with Gasteiger partial charge < -0.3 is 9.30 Å². The van der Waals surface area contributed by atoms with Crippen molar-refractivity contribution in [2.75, 3.05) is 7.11 Å². The van der Waals surface area contributed by atoms with Gasteiger partial charge in [0.2, 0.25) is 5.78 Å². The molecule has 0 spiro atoms. The van der Waals surface area contributed by atoms with E-state index < -0.39 is 0 Å². The van der Waals surface area contributed by atoms with E-state index in [0.29, 0.717) is 12.2 Å². The van der Waals surface area contributed by atoms with Crippen LogP contribution in [0.15, 0.2) is 12.4 Å². The number of carbonyl (C=O) groups is 1. The van der Waals surface area contributed by atoms with Crippen molar-refractivity contribution in [3.63, 3.8) is 0 Å². The first-order valence-electron chi connectivity index (χ1n) is 5.80. The minimum Gasteiger partial charge on any atom is -0.378 e. The summed E-state index contributed by atoms with van der Waals surface area (Å²) in [6.07, 6.45) is 7.11. The third kappa shape index (κ3) is 1.89. The van der Waals surface area contributed by atoms with Gasteiger partial charge in [-0.3, -0.25) is 4.79 Å². The zero-order chi connectivity index (χ0) is 11.6. The molecule has 1 fully saturated rings. The highest BCUT2D eigenvalue weighted by atomic mass is 16.5. The van der Waals surface area contributed by atoms with Gasteiger partial charge in [-0.1, -0.05) is 0 Å². The number of ether oxygens (including phenoxy) is 1. The lowest BCUT2D eigenvalue weighted by Crippen LogP contribution is -2.41. The van der Waals surface area contributed by atoms with Gasteiger partial charge in [-0.25, -0.2) is 4.98 Å².